The van der Waals surface area contributed by atoms with E-state index in [1.54, 1.807) is 30.6 Å². The predicted octanol–water partition coefficient (Wildman–Crippen LogP) is 3.53. The molecule has 2 aromatic heterocycles. The van der Waals surface area contributed by atoms with Crippen molar-refractivity contribution >= 4 is 49.2 Å². The number of hydrogen-bond acceptors (Lipinski definition) is 6. The number of rotatable bonds is 4. The number of thiazole rings is 1. The van der Waals surface area contributed by atoms with E-state index in [-0.39, 0.29) is 5.56 Å². The summed E-state index contributed by atoms with van der Waals surface area (Å²) in [7, 11) is 3.09. The minimum Gasteiger partial charge on any atom is -0.493 e. The van der Waals surface area contributed by atoms with Crippen LogP contribution in [0.15, 0.2) is 39.5 Å². The second kappa shape index (κ2) is 7.13. The molecule has 2 heterocycles. The Labute approximate surface area is 162 Å². The molecule has 138 valence electrons. The third-order valence-corrected chi connectivity index (χ3v) is 6.24. The second-order valence-electron chi connectivity index (χ2n) is 5.85. The molecule has 8 heteroatoms. The van der Waals surface area contributed by atoms with Gasteiger partial charge in [-0.2, -0.15) is 0 Å². The van der Waals surface area contributed by atoms with E-state index in [0.717, 1.165) is 31.5 Å². The minimum absolute atomic E-state index is 0.220. The molecule has 4 rings (SSSR count). The molecule has 0 aliphatic heterocycles. The molecule has 1 N–H and O–H groups in total. The fraction of sp³-hybridized carbons (Fsp3) is 0.158. The first-order valence-electron chi connectivity index (χ1n) is 8.15. The van der Waals surface area contributed by atoms with Gasteiger partial charge in [0.1, 0.15) is 10.2 Å². The van der Waals surface area contributed by atoms with Crippen LogP contribution in [0.2, 0.25) is 0 Å². The van der Waals surface area contributed by atoms with Crippen LogP contribution in [0.1, 0.15) is 11.4 Å². The molecule has 0 aliphatic rings. The molecule has 0 spiro atoms. The topological polar surface area (TPSA) is 77.1 Å². The highest BCUT2D eigenvalue weighted by atomic mass is 32.2. The molecule has 0 saturated carbocycles. The zero-order chi connectivity index (χ0) is 19.0. The number of nitrogens with zero attached hydrogens (tertiary/aromatic N) is 2. The van der Waals surface area contributed by atoms with Gasteiger partial charge in [0, 0.05) is 11.4 Å². The van der Waals surface area contributed by atoms with E-state index in [9.17, 15) is 4.79 Å². The lowest BCUT2D eigenvalue weighted by atomic mass is 10.2. The van der Waals surface area contributed by atoms with Gasteiger partial charge in [-0.25, -0.2) is 9.97 Å². The van der Waals surface area contributed by atoms with Crippen LogP contribution < -0.4 is 15.0 Å². The Morgan fingerprint density at radius 1 is 1.15 bits per heavy atom. The van der Waals surface area contributed by atoms with Crippen LogP contribution in [0, 0.1) is 6.92 Å². The lowest BCUT2D eigenvalue weighted by Gasteiger charge is -2.08. The van der Waals surface area contributed by atoms with E-state index in [4.69, 9.17) is 9.47 Å². The van der Waals surface area contributed by atoms with Crippen molar-refractivity contribution in [2.75, 3.05) is 14.2 Å². The molecule has 0 unspecified atom stereocenters. The average molecular weight is 399 g/mol. The Hall–Kier alpha value is -2.71. The minimum atomic E-state index is -0.220. The van der Waals surface area contributed by atoms with Crippen molar-refractivity contribution in [3.63, 3.8) is 0 Å². The summed E-state index contributed by atoms with van der Waals surface area (Å²) in [6.07, 6.45) is 0. The van der Waals surface area contributed by atoms with Gasteiger partial charge < -0.3 is 14.5 Å². The highest BCUT2D eigenvalue weighted by Gasteiger charge is 2.10. The molecular weight excluding hydrogens is 382 g/mol. The van der Waals surface area contributed by atoms with Gasteiger partial charge in [0.2, 0.25) is 0 Å². The highest BCUT2D eigenvalue weighted by molar-refractivity contribution is 7.99. The van der Waals surface area contributed by atoms with Gasteiger partial charge in [-0.3, -0.25) is 4.79 Å². The number of methoxy groups -OCH3 is 2. The molecule has 2 aromatic carbocycles. The van der Waals surface area contributed by atoms with Crippen molar-refractivity contribution in [3.05, 3.63) is 52.1 Å². The van der Waals surface area contributed by atoms with Crippen molar-refractivity contribution in [1.82, 2.24) is 15.0 Å². The first kappa shape index (κ1) is 17.7. The monoisotopic (exact) mass is 399 g/mol. The van der Waals surface area contributed by atoms with Crippen molar-refractivity contribution in [2.45, 2.75) is 11.3 Å². The number of nitrogens with one attached hydrogen (secondary N) is 1. The van der Waals surface area contributed by atoms with E-state index >= 15 is 0 Å². The number of aromatic amines is 1. The summed E-state index contributed by atoms with van der Waals surface area (Å²) in [5, 5.41) is 2.31. The van der Waals surface area contributed by atoms with Gasteiger partial charge >= 0.3 is 0 Å². The number of aromatic nitrogens is 3. The summed E-state index contributed by atoms with van der Waals surface area (Å²) in [6, 6.07) is 9.49. The summed E-state index contributed by atoms with van der Waals surface area (Å²) in [6.45, 7) is 2.05. The molecule has 4 aromatic rings. The number of benzene rings is 2. The molecule has 0 bridgehead atoms. The van der Waals surface area contributed by atoms with E-state index in [0.29, 0.717) is 28.2 Å². The van der Waals surface area contributed by atoms with Gasteiger partial charge in [-0.15, -0.1) is 22.7 Å². The van der Waals surface area contributed by atoms with Crippen LogP contribution in [0.4, 0.5) is 0 Å². The van der Waals surface area contributed by atoms with E-state index in [2.05, 4.69) is 34.0 Å². The third kappa shape index (κ3) is 3.33. The summed E-state index contributed by atoms with van der Waals surface area (Å²) >= 11 is 2.52. The molecule has 6 nitrogen and oxygen atoms in total. The smallest absolute Gasteiger partial charge is 0.259 e. The number of thiol groups is 1. The number of para-hydroxylation sites is 1. The SMILES string of the molecule is COc1cc2nc(C=[SH]c3nc4c(C)cccc4s3)[nH]c(=O)c2cc1OC. The Kier molecular flexibility index (Phi) is 4.67. The van der Waals surface area contributed by atoms with E-state index in [1.807, 2.05) is 11.4 Å². The van der Waals surface area contributed by atoms with Crippen molar-refractivity contribution in [2.24, 2.45) is 0 Å². The standard InChI is InChI=1S/C19H17N3O3S2/c1-10-5-4-6-15-17(10)22-19(27-15)26-9-16-20-12-8-14(25-3)13(24-2)7-11(12)18(23)21-16/h4-9,26H,1-3H3,(H,20,21,23). The first-order chi connectivity index (χ1) is 13.1. The number of H-pyrrole nitrogens is 1. The highest BCUT2D eigenvalue weighted by Crippen LogP contribution is 2.30. The van der Waals surface area contributed by atoms with Crippen LogP contribution in [-0.2, 0) is 0 Å². The maximum atomic E-state index is 12.4. The third-order valence-electron chi connectivity index (χ3n) is 4.14. The van der Waals surface area contributed by atoms with Crippen molar-refractivity contribution < 1.29 is 9.47 Å². The van der Waals surface area contributed by atoms with Crippen molar-refractivity contribution in [1.29, 1.82) is 0 Å². The maximum absolute atomic E-state index is 12.4. The molecule has 0 aliphatic carbocycles. The summed E-state index contributed by atoms with van der Waals surface area (Å²) < 4.78 is 12.7. The Morgan fingerprint density at radius 3 is 2.67 bits per heavy atom. The Morgan fingerprint density at radius 2 is 1.93 bits per heavy atom. The molecular formula is C19H17N3O3S2. The summed E-state index contributed by atoms with van der Waals surface area (Å²) in [5.41, 5.74) is 2.51. The fourth-order valence-corrected chi connectivity index (χ4v) is 4.75. The number of ether oxygens (including phenoxy) is 2. The lowest BCUT2D eigenvalue weighted by Crippen LogP contribution is -2.11. The zero-order valence-electron chi connectivity index (χ0n) is 14.9. The van der Waals surface area contributed by atoms with Gasteiger partial charge in [0.15, 0.2) is 11.5 Å². The fourth-order valence-electron chi connectivity index (χ4n) is 2.79. The largest absolute Gasteiger partial charge is 0.493 e. The van der Waals surface area contributed by atoms with Crippen molar-refractivity contribution in [3.8, 4) is 11.5 Å². The maximum Gasteiger partial charge on any atom is 0.259 e. The van der Waals surface area contributed by atoms with Gasteiger partial charge in [0.05, 0.1) is 35.3 Å². The molecule has 0 atom stereocenters. The second-order valence-corrected chi connectivity index (χ2v) is 8.13. The van der Waals surface area contributed by atoms with Gasteiger partial charge in [-0.05, 0) is 24.6 Å². The van der Waals surface area contributed by atoms with E-state index in [1.165, 1.54) is 7.11 Å². The van der Waals surface area contributed by atoms with Crippen LogP contribution in [0.25, 0.3) is 21.1 Å². The molecule has 0 radical (unpaired) electrons. The summed E-state index contributed by atoms with van der Waals surface area (Å²) in [4.78, 5) is 24.5. The molecule has 27 heavy (non-hydrogen) atoms. The number of fused-ring (bicyclic) bond motifs is 2. The van der Waals surface area contributed by atoms with Crippen LogP contribution >= 0.6 is 22.7 Å². The molecule has 0 fully saturated rings. The average Bonchev–Trinajstić information content (AvgIpc) is 3.10. The van der Waals surface area contributed by atoms with Crippen LogP contribution in [0.5, 0.6) is 11.5 Å². The Balaban J connectivity index is 1.75. The summed E-state index contributed by atoms with van der Waals surface area (Å²) in [5.74, 6) is 1.53. The lowest BCUT2D eigenvalue weighted by molar-refractivity contribution is 0.355. The van der Waals surface area contributed by atoms with Crippen LogP contribution in [-0.4, -0.2) is 34.5 Å². The van der Waals surface area contributed by atoms with Gasteiger partial charge in [-0.1, -0.05) is 12.1 Å². The normalized spacial score (nSPS) is 11.8. The molecule has 0 amide bonds. The predicted molar refractivity (Wildman–Crippen MR) is 112 cm³/mol. The quantitative estimate of drug-likeness (QED) is 0.405. The number of aryl methyl sites for hydroxylation is 1. The van der Waals surface area contributed by atoms with E-state index < -0.39 is 0 Å². The zero-order valence-corrected chi connectivity index (χ0v) is 16.6. The van der Waals surface area contributed by atoms with Crippen LogP contribution in [0.3, 0.4) is 0 Å². The molecule has 0 saturated heterocycles. The number of hydrogen-bond donors (Lipinski definition) is 2. The Bertz CT molecular complexity index is 1240. The first-order valence-corrected chi connectivity index (χ1v) is 9.93. The van der Waals surface area contributed by atoms with Gasteiger partial charge in [0.25, 0.3) is 5.56 Å².